The first kappa shape index (κ1) is 13.9. The predicted octanol–water partition coefficient (Wildman–Crippen LogP) is 1.42. The molecule has 3 heteroatoms. The van der Waals surface area contributed by atoms with Crippen LogP contribution < -0.4 is 0 Å². The lowest BCUT2D eigenvalue weighted by Gasteiger charge is -2.38. The van der Waals surface area contributed by atoms with Crippen molar-refractivity contribution in [3.63, 3.8) is 0 Å². The van der Waals surface area contributed by atoms with Crippen molar-refractivity contribution < 1.29 is 5.11 Å². The van der Waals surface area contributed by atoms with Gasteiger partial charge in [-0.05, 0) is 25.8 Å². The Morgan fingerprint density at radius 3 is 2.44 bits per heavy atom. The number of hydrogen-bond donors (Lipinski definition) is 1. The molecule has 0 bridgehead atoms. The van der Waals surface area contributed by atoms with Crippen LogP contribution in [0.15, 0.2) is 0 Å². The summed E-state index contributed by atoms with van der Waals surface area (Å²) in [6, 6.07) is 0.639. The molecule has 16 heavy (non-hydrogen) atoms. The minimum Gasteiger partial charge on any atom is -0.393 e. The molecule has 2 atom stereocenters. The smallest absolute Gasteiger partial charge is 0.0600 e. The summed E-state index contributed by atoms with van der Waals surface area (Å²) in [6.45, 7) is 13.0. The van der Waals surface area contributed by atoms with Gasteiger partial charge in [0.2, 0.25) is 0 Å². The molecule has 0 aliphatic carbocycles. The molecule has 0 amide bonds. The summed E-state index contributed by atoms with van der Waals surface area (Å²) < 4.78 is 0. The molecule has 2 unspecified atom stereocenters. The van der Waals surface area contributed by atoms with E-state index < -0.39 is 0 Å². The predicted molar refractivity (Wildman–Crippen MR) is 68.6 cm³/mol. The number of likely N-dealkylation sites (N-methyl/N-ethyl adjacent to an activating group) is 1. The van der Waals surface area contributed by atoms with Gasteiger partial charge in [-0.15, -0.1) is 0 Å². The Kier molecular flexibility index (Phi) is 4.77. The van der Waals surface area contributed by atoms with E-state index in [0.717, 1.165) is 32.6 Å². The number of piperazine rings is 1. The molecule has 0 saturated carbocycles. The molecule has 96 valence electrons. The van der Waals surface area contributed by atoms with Gasteiger partial charge in [0.1, 0.15) is 0 Å². The zero-order valence-electron chi connectivity index (χ0n) is 11.5. The van der Waals surface area contributed by atoms with Crippen molar-refractivity contribution in [1.82, 2.24) is 9.80 Å². The third-order valence-corrected chi connectivity index (χ3v) is 3.76. The second-order valence-electron chi connectivity index (χ2n) is 6.30. The maximum absolute atomic E-state index is 10.00. The second-order valence-corrected chi connectivity index (χ2v) is 6.30. The van der Waals surface area contributed by atoms with Crippen molar-refractivity contribution in [2.75, 3.05) is 33.2 Å². The Bertz CT molecular complexity index is 212. The van der Waals surface area contributed by atoms with Crippen LogP contribution in [0.1, 0.15) is 34.1 Å². The number of hydrogen-bond acceptors (Lipinski definition) is 3. The number of rotatable bonds is 3. The van der Waals surface area contributed by atoms with Gasteiger partial charge in [-0.2, -0.15) is 0 Å². The summed E-state index contributed by atoms with van der Waals surface area (Å²) in [5, 5.41) is 10.00. The van der Waals surface area contributed by atoms with Crippen LogP contribution in [-0.4, -0.2) is 60.3 Å². The Hall–Kier alpha value is -0.120. The molecular weight excluding hydrogens is 200 g/mol. The number of aliphatic hydroxyl groups is 1. The van der Waals surface area contributed by atoms with E-state index in [9.17, 15) is 5.11 Å². The first-order valence-electron chi connectivity index (χ1n) is 6.41. The van der Waals surface area contributed by atoms with Crippen LogP contribution in [0.3, 0.4) is 0 Å². The monoisotopic (exact) mass is 228 g/mol. The van der Waals surface area contributed by atoms with Crippen LogP contribution in [0.5, 0.6) is 0 Å². The molecule has 3 nitrogen and oxygen atoms in total. The zero-order valence-corrected chi connectivity index (χ0v) is 11.5. The molecule has 1 N–H and O–H groups in total. The van der Waals surface area contributed by atoms with Gasteiger partial charge in [-0.3, -0.25) is 0 Å². The van der Waals surface area contributed by atoms with Crippen molar-refractivity contribution in [3.8, 4) is 0 Å². The Morgan fingerprint density at radius 1 is 1.31 bits per heavy atom. The van der Waals surface area contributed by atoms with Gasteiger partial charge in [0.15, 0.2) is 0 Å². The van der Waals surface area contributed by atoms with Crippen LogP contribution in [-0.2, 0) is 0 Å². The summed E-state index contributed by atoms with van der Waals surface area (Å²) in [5.41, 5.74) is 0.0121. The summed E-state index contributed by atoms with van der Waals surface area (Å²) in [5.74, 6) is 0. The Morgan fingerprint density at radius 2 is 1.94 bits per heavy atom. The van der Waals surface area contributed by atoms with Crippen molar-refractivity contribution in [2.45, 2.75) is 46.3 Å². The molecular formula is C13H28N2O. The quantitative estimate of drug-likeness (QED) is 0.791. The van der Waals surface area contributed by atoms with E-state index in [1.165, 1.54) is 0 Å². The van der Waals surface area contributed by atoms with Gasteiger partial charge in [-0.25, -0.2) is 0 Å². The highest BCUT2D eigenvalue weighted by Crippen LogP contribution is 2.22. The lowest BCUT2D eigenvalue weighted by Crippen LogP contribution is -2.50. The van der Waals surface area contributed by atoms with Crippen LogP contribution in [0.25, 0.3) is 0 Å². The molecule has 0 aromatic rings. The van der Waals surface area contributed by atoms with E-state index in [1.54, 1.807) is 0 Å². The molecule has 1 aliphatic heterocycles. The fraction of sp³-hybridized carbons (Fsp3) is 1.00. The van der Waals surface area contributed by atoms with Gasteiger partial charge < -0.3 is 14.9 Å². The molecule has 1 fully saturated rings. The van der Waals surface area contributed by atoms with E-state index in [1.807, 2.05) is 0 Å². The minimum atomic E-state index is -0.192. The third kappa shape index (κ3) is 4.04. The van der Waals surface area contributed by atoms with Crippen LogP contribution >= 0.6 is 0 Å². The lowest BCUT2D eigenvalue weighted by atomic mass is 9.87. The number of aliphatic hydroxyl groups excluding tert-OH is 1. The Balaban J connectivity index is 2.29. The molecule has 0 spiro atoms. The van der Waals surface area contributed by atoms with Crippen molar-refractivity contribution in [2.24, 2.45) is 5.41 Å². The average molecular weight is 228 g/mol. The molecule has 1 saturated heterocycles. The van der Waals surface area contributed by atoms with Crippen LogP contribution in [0.4, 0.5) is 0 Å². The summed E-state index contributed by atoms with van der Waals surface area (Å²) in [4.78, 5) is 4.87. The van der Waals surface area contributed by atoms with Gasteiger partial charge in [0.05, 0.1) is 6.10 Å². The van der Waals surface area contributed by atoms with E-state index >= 15 is 0 Å². The second kappa shape index (κ2) is 5.48. The molecule has 0 aromatic heterocycles. The molecule has 1 rings (SSSR count). The van der Waals surface area contributed by atoms with Gasteiger partial charge >= 0.3 is 0 Å². The maximum atomic E-state index is 10.00. The largest absolute Gasteiger partial charge is 0.393 e. The first-order chi connectivity index (χ1) is 7.30. The fourth-order valence-electron chi connectivity index (χ4n) is 2.06. The molecule has 0 radical (unpaired) electrons. The van der Waals surface area contributed by atoms with Crippen molar-refractivity contribution >= 4 is 0 Å². The molecule has 1 heterocycles. The molecule has 1 aliphatic rings. The van der Waals surface area contributed by atoms with Gasteiger partial charge in [0.25, 0.3) is 0 Å². The topological polar surface area (TPSA) is 26.7 Å². The normalized spacial score (nSPS) is 27.0. The van der Waals surface area contributed by atoms with Crippen LogP contribution in [0.2, 0.25) is 0 Å². The van der Waals surface area contributed by atoms with Crippen molar-refractivity contribution in [1.29, 1.82) is 0 Å². The SMILES string of the molecule is CC1CN(CCC(O)C(C)(C)C)CCN1C. The highest BCUT2D eigenvalue weighted by atomic mass is 16.3. The van der Waals surface area contributed by atoms with E-state index in [4.69, 9.17) is 0 Å². The summed E-state index contributed by atoms with van der Waals surface area (Å²) in [6.07, 6.45) is 0.697. The highest BCUT2D eigenvalue weighted by molar-refractivity contribution is 4.79. The van der Waals surface area contributed by atoms with Gasteiger partial charge in [-0.1, -0.05) is 20.8 Å². The van der Waals surface area contributed by atoms with E-state index in [-0.39, 0.29) is 11.5 Å². The summed E-state index contributed by atoms with van der Waals surface area (Å²) >= 11 is 0. The third-order valence-electron chi connectivity index (χ3n) is 3.76. The highest BCUT2D eigenvalue weighted by Gasteiger charge is 2.25. The van der Waals surface area contributed by atoms with E-state index in [2.05, 4.69) is 44.5 Å². The van der Waals surface area contributed by atoms with E-state index in [0.29, 0.717) is 6.04 Å². The minimum absolute atomic E-state index is 0.0121. The first-order valence-corrected chi connectivity index (χ1v) is 6.41. The zero-order chi connectivity index (χ0) is 12.3. The lowest BCUT2D eigenvalue weighted by molar-refractivity contribution is 0.0339. The standard InChI is InChI=1S/C13H28N2O/c1-11-10-15(9-8-14(11)5)7-6-12(16)13(2,3)4/h11-12,16H,6-10H2,1-5H3. The summed E-state index contributed by atoms with van der Waals surface area (Å²) in [7, 11) is 2.19. The van der Waals surface area contributed by atoms with Crippen molar-refractivity contribution in [3.05, 3.63) is 0 Å². The van der Waals surface area contributed by atoms with Gasteiger partial charge in [0, 0.05) is 32.2 Å². The number of nitrogens with zero attached hydrogens (tertiary/aromatic N) is 2. The fourth-order valence-corrected chi connectivity index (χ4v) is 2.06. The average Bonchev–Trinajstić information content (AvgIpc) is 2.18. The Labute approximate surface area is 100 Å². The van der Waals surface area contributed by atoms with Crippen LogP contribution in [0, 0.1) is 5.41 Å². The maximum Gasteiger partial charge on any atom is 0.0600 e. The molecule has 0 aromatic carbocycles.